The van der Waals surface area contributed by atoms with Crippen molar-refractivity contribution in [2.45, 2.75) is 19.8 Å². The molecule has 3 heteroatoms. The molecular formula is C8H10ClNO. The fraction of sp³-hybridized carbons (Fsp3) is 0.375. The van der Waals surface area contributed by atoms with Gasteiger partial charge >= 0.3 is 0 Å². The van der Waals surface area contributed by atoms with Crippen molar-refractivity contribution in [2.24, 2.45) is 0 Å². The highest BCUT2D eigenvalue weighted by molar-refractivity contribution is 6.31. The minimum atomic E-state index is 0.448. The van der Waals surface area contributed by atoms with E-state index in [9.17, 15) is 4.79 Å². The van der Waals surface area contributed by atoms with Gasteiger partial charge in [-0.3, -0.25) is 4.79 Å². The lowest BCUT2D eigenvalue weighted by Crippen LogP contribution is -1.79. The van der Waals surface area contributed by atoms with Crippen LogP contribution in [0.1, 0.15) is 29.4 Å². The van der Waals surface area contributed by atoms with Gasteiger partial charge in [-0.25, -0.2) is 0 Å². The smallest absolute Gasteiger partial charge is 0.153 e. The summed E-state index contributed by atoms with van der Waals surface area (Å²) < 4.78 is 0. The molecule has 1 heterocycles. The molecule has 0 aliphatic rings. The molecule has 11 heavy (non-hydrogen) atoms. The van der Waals surface area contributed by atoms with E-state index in [0.29, 0.717) is 10.7 Å². The number of carbonyl (C=O) groups is 1. The van der Waals surface area contributed by atoms with E-state index in [1.165, 1.54) is 0 Å². The maximum Gasteiger partial charge on any atom is 0.153 e. The van der Waals surface area contributed by atoms with Crippen molar-refractivity contribution in [3.8, 4) is 0 Å². The Morgan fingerprint density at radius 3 is 2.91 bits per heavy atom. The van der Waals surface area contributed by atoms with Gasteiger partial charge in [-0.1, -0.05) is 24.9 Å². The van der Waals surface area contributed by atoms with Crippen LogP contribution in [0.2, 0.25) is 5.15 Å². The normalized spacial score (nSPS) is 10.0. The van der Waals surface area contributed by atoms with Crippen LogP contribution in [-0.4, -0.2) is 11.3 Å². The van der Waals surface area contributed by atoms with Crippen LogP contribution in [0.4, 0.5) is 0 Å². The van der Waals surface area contributed by atoms with E-state index in [1.807, 2.05) is 0 Å². The zero-order chi connectivity index (χ0) is 8.27. The zero-order valence-electron chi connectivity index (χ0n) is 6.36. The second-order valence-corrected chi connectivity index (χ2v) is 2.81. The van der Waals surface area contributed by atoms with Crippen LogP contribution in [0.15, 0.2) is 6.07 Å². The Balaban J connectivity index is 2.86. The Morgan fingerprint density at radius 1 is 1.73 bits per heavy atom. The summed E-state index contributed by atoms with van der Waals surface area (Å²) in [6.45, 7) is 2.08. The van der Waals surface area contributed by atoms with E-state index in [0.717, 1.165) is 24.8 Å². The van der Waals surface area contributed by atoms with E-state index < -0.39 is 0 Å². The van der Waals surface area contributed by atoms with E-state index >= 15 is 0 Å². The summed E-state index contributed by atoms with van der Waals surface area (Å²) >= 11 is 5.69. The van der Waals surface area contributed by atoms with Crippen LogP contribution in [0.5, 0.6) is 0 Å². The topological polar surface area (TPSA) is 32.9 Å². The molecule has 0 unspecified atom stereocenters. The van der Waals surface area contributed by atoms with Gasteiger partial charge in [0.05, 0.1) is 5.56 Å². The number of H-pyrrole nitrogens is 1. The van der Waals surface area contributed by atoms with E-state index in [2.05, 4.69) is 11.9 Å². The molecule has 1 rings (SSSR count). The van der Waals surface area contributed by atoms with Crippen LogP contribution in [0.3, 0.4) is 0 Å². The summed E-state index contributed by atoms with van der Waals surface area (Å²) in [5, 5.41) is 0.448. The molecule has 1 aromatic rings. The van der Waals surface area contributed by atoms with Crippen molar-refractivity contribution in [3.63, 3.8) is 0 Å². The Labute approximate surface area is 70.6 Å². The molecule has 0 aliphatic carbocycles. The van der Waals surface area contributed by atoms with Gasteiger partial charge in [0, 0.05) is 5.69 Å². The Kier molecular flexibility index (Phi) is 2.71. The van der Waals surface area contributed by atoms with Crippen LogP contribution in [0, 0.1) is 0 Å². The maximum atomic E-state index is 10.3. The van der Waals surface area contributed by atoms with Crippen molar-refractivity contribution in [1.29, 1.82) is 0 Å². The molecule has 0 aromatic carbocycles. The SMILES string of the molecule is CCCc1cc(C=O)c(Cl)[nH]1. The van der Waals surface area contributed by atoms with Crippen molar-refractivity contribution >= 4 is 17.9 Å². The highest BCUT2D eigenvalue weighted by Crippen LogP contribution is 2.15. The van der Waals surface area contributed by atoms with Crippen molar-refractivity contribution in [1.82, 2.24) is 4.98 Å². The predicted molar refractivity (Wildman–Crippen MR) is 45.2 cm³/mol. The summed E-state index contributed by atoms with van der Waals surface area (Å²) in [4.78, 5) is 13.3. The first kappa shape index (κ1) is 8.34. The molecule has 0 saturated carbocycles. The molecule has 60 valence electrons. The third kappa shape index (κ3) is 1.84. The first-order valence-electron chi connectivity index (χ1n) is 3.60. The number of hydrogen-bond acceptors (Lipinski definition) is 1. The van der Waals surface area contributed by atoms with Crippen molar-refractivity contribution in [3.05, 3.63) is 22.5 Å². The molecule has 0 aliphatic heterocycles. The Morgan fingerprint density at radius 2 is 2.45 bits per heavy atom. The maximum absolute atomic E-state index is 10.3. The minimum absolute atomic E-state index is 0.448. The van der Waals surface area contributed by atoms with Gasteiger partial charge in [0.1, 0.15) is 5.15 Å². The number of hydrogen-bond donors (Lipinski definition) is 1. The minimum Gasteiger partial charge on any atom is -0.349 e. The van der Waals surface area contributed by atoms with E-state index in [-0.39, 0.29) is 0 Å². The lowest BCUT2D eigenvalue weighted by molar-refractivity contribution is 0.112. The summed E-state index contributed by atoms with van der Waals surface area (Å²) in [5.41, 5.74) is 1.58. The molecule has 1 aromatic heterocycles. The zero-order valence-corrected chi connectivity index (χ0v) is 7.11. The van der Waals surface area contributed by atoms with E-state index in [4.69, 9.17) is 11.6 Å². The number of aromatic nitrogens is 1. The first-order valence-corrected chi connectivity index (χ1v) is 3.98. The van der Waals surface area contributed by atoms with Gasteiger partial charge in [-0.2, -0.15) is 0 Å². The molecular weight excluding hydrogens is 162 g/mol. The number of aldehydes is 1. The number of halogens is 1. The highest BCUT2D eigenvalue weighted by Gasteiger charge is 2.03. The average Bonchev–Trinajstić information content (AvgIpc) is 2.32. The predicted octanol–water partition coefficient (Wildman–Crippen LogP) is 2.43. The van der Waals surface area contributed by atoms with Gasteiger partial charge in [0.25, 0.3) is 0 Å². The van der Waals surface area contributed by atoms with Gasteiger partial charge in [-0.05, 0) is 12.5 Å². The first-order chi connectivity index (χ1) is 5.27. The van der Waals surface area contributed by atoms with Gasteiger partial charge < -0.3 is 4.98 Å². The number of aryl methyl sites for hydroxylation is 1. The highest BCUT2D eigenvalue weighted by atomic mass is 35.5. The molecule has 0 fully saturated rings. The largest absolute Gasteiger partial charge is 0.349 e. The fourth-order valence-electron chi connectivity index (χ4n) is 0.990. The molecule has 0 amide bonds. The third-order valence-corrected chi connectivity index (χ3v) is 1.81. The number of nitrogens with one attached hydrogen (secondary N) is 1. The summed E-state index contributed by atoms with van der Waals surface area (Å²) in [6.07, 6.45) is 2.75. The number of aromatic amines is 1. The number of carbonyl (C=O) groups excluding carboxylic acids is 1. The molecule has 1 N–H and O–H groups in total. The van der Waals surface area contributed by atoms with Crippen LogP contribution in [0.25, 0.3) is 0 Å². The quantitative estimate of drug-likeness (QED) is 0.697. The van der Waals surface area contributed by atoms with Gasteiger partial charge in [-0.15, -0.1) is 0 Å². The van der Waals surface area contributed by atoms with Crippen LogP contribution >= 0.6 is 11.6 Å². The average molecular weight is 172 g/mol. The lowest BCUT2D eigenvalue weighted by atomic mass is 10.2. The van der Waals surface area contributed by atoms with Crippen LogP contribution < -0.4 is 0 Å². The molecule has 0 atom stereocenters. The van der Waals surface area contributed by atoms with E-state index in [1.54, 1.807) is 6.07 Å². The van der Waals surface area contributed by atoms with Crippen LogP contribution in [-0.2, 0) is 6.42 Å². The Hall–Kier alpha value is -0.760. The third-order valence-electron chi connectivity index (χ3n) is 1.50. The number of rotatable bonds is 3. The monoisotopic (exact) mass is 171 g/mol. The van der Waals surface area contributed by atoms with Gasteiger partial charge in [0.15, 0.2) is 6.29 Å². The molecule has 0 saturated heterocycles. The van der Waals surface area contributed by atoms with Crippen molar-refractivity contribution in [2.75, 3.05) is 0 Å². The second kappa shape index (κ2) is 3.58. The van der Waals surface area contributed by atoms with Crippen molar-refractivity contribution < 1.29 is 4.79 Å². The second-order valence-electron chi connectivity index (χ2n) is 2.43. The standard InChI is InChI=1S/C8H10ClNO/c1-2-3-7-4-6(5-11)8(9)10-7/h4-5,10H,2-3H2,1H3. The fourth-order valence-corrected chi connectivity index (χ4v) is 1.21. The molecule has 0 radical (unpaired) electrons. The molecule has 0 spiro atoms. The van der Waals surface area contributed by atoms with Gasteiger partial charge in [0.2, 0.25) is 0 Å². The Bertz CT molecular complexity index is 255. The molecule has 0 bridgehead atoms. The molecule has 2 nitrogen and oxygen atoms in total. The summed E-state index contributed by atoms with van der Waals surface area (Å²) in [7, 11) is 0. The summed E-state index contributed by atoms with van der Waals surface area (Å²) in [6, 6.07) is 1.79. The lowest BCUT2D eigenvalue weighted by Gasteiger charge is -1.88. The summed E-state index contributed by atoms with van der Waals surface area (Å²) in [5.74, 6) is 0.